The van der Waals surface area contributed by atoms with Gasteiger partial charge in [0.15, 0.2) is 5.82 Å². The van der Waals surface area contributed by atoms with Crippen molar-refractivity contribution in [2.75, 3.05) is 0 Å². The largest absolute Gasteiger partial charge is 0.251 e. The van der Waals surface area contributed by atoms with E-state index in [1.54, 1.807) is 18.3 Å². The van der Waals surface area contributed by atoms with Gasteiger partial charge in [-0.05, 0) is 34.5 Å². The summed E-state index contributed by atoms with van der Waals surface area (Å²) in [4.78, 5) is 12.7. The molecular weight excluding hydrogens is 325 g/mol. The van der Waals surface area contributed by atoms with Gasteiger partial charge < -0.3 is 0 Å². The Balaban J connectivity index is 2.61. The Morgan fingerprint density at radius 2 is 2.06 bits per heavy atom. The number of rotatable bonds is 2. The van der Waals surface area contributed by atoms with E-state index in [0.717, 1.165) is 16.6 Å². The second-order valence-corrected chi connectivity index (χ2v) is 4.84. The number of aromatic nitrogens is 3. The molecule has 0 amide bonds. The fraction of sp³-hybridized carbons (Fsp3) is 0.182. The SMILES string of the molecule is CCc1nc(-c2ncccc2Cl)nc(Cl)c1Br. The first kappa shape index (κ1) is 12.7. The molecule has 0 radical (unpaired) electrons. The van der Waals surface area contributed by atoms with Gasteiger partial charge in [0, 0.05) is 6.20 Å². The Bertz CT molecular complexity index is 560. The van der Waals surface area contributed by atoms with Gasteiger partial charge in [0.05, 0.1) is 15.2 Å². The molecule has 2 aromatic heterocycles. The molecule has 6 heteroatoms. The number of hydrogen-bond acceptors (Lipinski definition) is 3. The zero-order valence-electron chi connectivity index (χ0n) is 8.91. The van der Waals surface area contributed by atoms with Crippen molar-refractivity contribution in [3.8, 4) is 11.5 Å². The zero-order chi connectivity index (χ0) is 12.4. The second kappa shape index (κ2) is 5.29. The van der Waals surface area contributed by atoms with Gasteiger partial charge in [0.2, 0.25) is 0 Å². The first-order valence-corrected chi connectivity index (χ1v) is 6.51. The van der Waals surface area contributed by atoms with Crippen LogP contribution in [0.3, 0.4) is 0 Å². The summed E-state index contributed by atoms with van der Waals surface area (Å²) in [6.45, 7) is 1.99. The molecule has 0 aliphatic rings. The third-order valence-corrected chi connectivity index (χ3v) is 3.82. The minimum absolute atomic E-state index is 0.369. The molecule has 0 aliphatic heterocycles. The molecule has 0 fully saturated rings. The van der Waals surface area contributed by atoms with Crippen LogP contribution in [0.2, 0.25) is 10.2 Å². The molecule has 2 rings (SSSR count). The summed E-state index contributed by atoms with van der Waals surface area (Å²) in [5, 5.41) is 0.876. The molecule has 0 spiro atoms. The Morgan fingerprint density at radius 3 is 2.71 bits per heavy atom. The maximum atomic E-state index is 6.05. The highest BCUT2D eigenvalue weighted by molar-refractivity contribution is 9.10. The van der Waals surface area contributed by atoms with Gasteiger partial charge in [0.1, 0.15) is 10.8 Å². The van der Waals surface area contributed by atoms with E-state index in [0.29, 0.717) is 21.7 Å². The summed E-state index contributed by atoms with van der Waals surface area (Å²) in [6, 6.07) is 3.50. The molecular formula is C11H8BrCl2N3. The standard InChI is InChI=1S/C11H8BrCl2N3/c1-2-7-8(12)10(14)17-11(16-7)9-6(13)4-3-5-15-9/h3-5H,2H2,1H3. The lowest BCUT2D eigenvalue weighted by molar-refractivity contribution is 0.984. The molecule has 0 aliphatic carbocycles. The summed E-state index contributed by atoms with van der Waals surface area (Å²) in [7, 11) is 0. The summed E-state index contributed by atoms with van der Waals surface area (Å²) in [6.07, 6.45) is 2.40. The van der Waals surface area contributed by atoms with E-state index in [2.05, 4.69) is 30.9 Å². The average molecular weight is 333 g/mol. The van der Waals surface area contributed by atoms with Crippen LogP contribution in [0.1, 0.15) is 12.6 Å². The number of halogens is 3. The predicted molar refractivity (Wildman–Crippen MR) is 72.4 cm³/mol. The molecule has 2 heterocycles. The molecule has 88 valence electrons. The third-order valence-electron chi connectivity index (χ3n) is 2.18. The van der Waals surface area contributed by atoms with Crippen molar-refractivity contribution in [1.29, 1.82) is 0 Å². The first-order chi connectivity index (χ1) is 8.13. The van der Waals surface area contributed by atoms with E-state index in [9.17, 15) is 0 Å². The quantitative estimate of drug-likeness (QED) is 0.775. The fourth-order valence-electron chi connectivity index (χ4n) is 1.35. The molecule has 0 saturated carbocycles. The average Bonchev–Trinajstić information content (AvgIpc) is 2.33. The molecule has 0 saturated heterocycles. The minimum Gasteiger partial charge on any atom is -0.251 e. The second-order valence-electron chi connectivity index (χ2n) is 3.29. The monoisotopic (exact) mass is 331 g/mol. The van der Waals surface area contributed by atoms with Crippen LogP contribution in [0.5, 0.6) is 0 Å². The van der Waals surface area contributed by atoms with E-state index >= 15 is 0 Å². The molecule has 0 atom stereocenters. The number of nitrogens with zero attached hydrogens (tertiary/aromatic N) is 3. The van der Waals surface area contributed by atoms with Crippen LogP contribution < -0.4 is 0 Å². The van der Waals surface area contributed by atoms with Crippen LogP contribution in [0, 0.1) is 0 Å². The smallest absolute Gasteiger partial charge is 0.181 e. The maximum Gasteiger partial charge on any atom is 0.181 e. The van der Waals surface area contributed by atoms with Gasteiger partial charge in [-0.3, -0.25) is 4.98 Å². The molecule has 0 bridgehead atoms. The summed E-state index contributed by atoms with van der Waals surface area (Å²) in [5.41, 5.74) is 1.37. The van der Waals surface area contributed by atoms with E-state index < -0.39 is 0 Å². The normalized spacial score (nSPS) is 10.6. The number of pyridine rings is 1. The van der Waals surface area contributed by atoms with Gasteiger partial charge in [-0.25, -0.2) is 9.97 Å². The number of hydrogen-bond donors (Lipinski definition) is 0. The summed E-state index contributed by atoms with van der Waals surface area (Å²) < 4.78 is 0.720. The highest BCUT2D eigenvalue weighted by atomic mass is 79.9. The van der Waals surface area contributed by atoms with Crippen molar-refractivity contribution in [3.05, 3.63) is 38.7 Å². The highest BCUT2D eigenvalue weighted by Gasteiger charge is 2.13. The molecule has 2 aromatic rings. The predicted octanol–water partition coefficient (Wildman–Crippen LogP) is 4.17. The third kappa shape index (κ3) is 2.59. The van der Waals surface area contributed by atoms with Gasteiger partial charge in [-0.2, -0.15) is 0 Å². The first-order valence-electron chi connectivity index (χ1n) is 4.96. The van der Waals surface area contributed by atoms with Crippen LogP contribution in [-0.2, 0) is 6.42 Å². The molecule has 0 N–H and O–H groups in total. The van der Waals surface area contributed by atoms with Crippen LogP contribution in [0.25, 0.3) is 11.5 Å². The van der Waals surface area contributed by atoms with Crippen molar-refractivity contribution < 1.29 is 0 Å². The summed E-state index contributed by atoms with van der Waals surface area (Å²) >= 11 is 15.4. The van der Waals surface area contributed by atoms with E-state index in [1.807, 2.05) is 6.92 Å². The van der Waals surface area contributed by atoms with Crippen molar-refractivity contribution in [1.82, 2.24) is 15.0 Å². The molecule has 3 nitrogen and oxygen atoms in total. The van der Waals surface area contributed by atoms with E-state index in [4.69, 9.17) is 23.2 Å². The van der Waals surface area contributed by atoms with Crippen molar-refractivity contribution in [2.45, 2.75) is 13.3 Å². The Labute approximate surface area is 117 Å². The lowest BCUT2D eigenvalue weighted by Gasteiger charge is -2.06. The van der Waals surface area contributed by atoms with E-state index in [1.165, 1.54) is 0 Å². The topological polar surface area (TPSA) is 38.7 Å². The maximum absolute atomic E-state index is 6.05. The Hall–Kier alpha value is -0.710. The van der Waals surface area contributed by atoms with Crippen LogP contribution >= 0.6 is 39.1 Å². The molecule has 17 heavy (non-hydrogen) atoms. The molecule has 0 aromatic carbocycles. The Kier molecular flexibility index (Phi) is 3.97. The minimum atomic E-state index is 0.369. The van der Waals surface area contributed by atoms with Gasteiger partial charge in [-0.1, -0.05) is 30.1 Å². The van der Waals surface area contributed by atoms with Gasteiger partial charge in [-0.15, -0.1) is 0 Å². The lowest BCUT2D eigenvalue weighted by atomic mass is 10.3. The van der Waals surface area contributed by atoms with Crippen LogP contribution in [-0.4, -0.2) is 15.0 Å². The van der Waals surface area contributed by atoms with Crippen LogP contribution in [0.15, 0.2) is 22.8 Å². The summed E-state index contributed by atoms with van der Waals surface area (Å²) in [5.74, 6) is 0.445. The van der Waals surface area contributed by atoms with Crippen LogP contribution in [0.4, 0.5) is 0 Å². The number of aryl methyl sites for hydroxylation is 1. The zero-order valence-corrected chi connectivity index (χ0v) is 12.0. The highest BCUT2D eigenvalue weighted by Crippen LogP contribution is 2.29. The lowest BCUT2D eigenvalue weighted by Crippen LogP contribution is -1.99. The van der Waals surface area contributed by atoms with E-state index in [-0.39, 0.29) is 0 Å². The van der Waals surface area contributed by atoms with Crippen molar-refractivity contribution in [3.63, 3.8) is 0 Å². The van der Waals surface area contributed by atoms with Gasteiger partial charge in [0.25, 0.3) is 0 Å². The molecule has 0 unspecified atom stereocenters. The Morgan fingerprint density at radius 1 is 1.29 bits per heavy atom. The van der Waals surface area contributed by atoms with Gasteiger partial charge >= 0.3 is 0 Å². The van der Waals surface area contributed by atoms with Crippen molar-refractivity contribution in [2.24, 2.45) is 0 Å². The van der Waals surface area contributed by atoms with Crippen molar-refractivity contribution >= 4 is 39.1 Å². The fourth-order valence-corrected chi connectivity index (χ4v) is 2.21.